The molecule has 1 aromatic heterocycles. The molecule has 10 heteroatoms. The number of hydrogen-bond acceptors (Lipinski definition) is 6. The molecule has 2 aromatic carbocycles. The van der Waals surface area contributed by atoms with Crippen molar-refractivity contribution in [3.05, 3.63) is 57.8 Å². The highest BCUT2D eigenvalue weighted by Gasteiger charge is 2.31. The van der Waals surface area contributed by atoms with Crippen LogP contribution in [0.1, 0.15) is 11.1 Å². The molecule has 0 radical (unpaired) electrons. The van der Waals surface area contributed by atoms with Gasteiger partial charge in [0, 0.05) is 11.6 Å². The van der Waals surface area contributed by atoms with E-state index in [1.165, 1.54) is 32.5 Å². The average Bonchev–Trinajstić information content (AvgIpc) is 2.67. The van der Waals surface area contributed by atoms with E-state index in [0.29, 0.717) is 5.56 Å². The van der Waals surface area contributed by atoms with Gasteiger partial charge in [0.15, 0.2) is 11.5 Å². The summed E-state index contributed by atoms with van der Waals surface area (Å²) in [5.74, 6) is -0.124. The molecule has 3 rings (SSSR count). The third-order valence-corrected chi connectivity index (χ3v) is 4.20. The molecular formula is C19H15F3N2O5. The van der Waals surface area contributed by atoms with Gasteiger partial charge in [0.25, 0.3) is 5.69 Å². The number of alkyl halides is 3. The van der Waals surface area contributed by atoms with Crippen molar-refractivity contribution in [3.8, 4) is 23.1 Å². The number of nitro benzene ring substituents is 1. The molecule has 0 spiro atoms. The summed E-state index contributed by atoms with van der Waals surface area (Å²) in [6.07, 6.45) is -3.13. The lowest BCUT2D eigenvalue weighted by atomic mass is 10.0. The first kappa shape index (κ1) is 20.2. The zero-order valence-corrected chi connectivity index (χ0v) is 15.5. The third-order valence-electron chi connectivity index (χ3n) is 4.20. The lowest BCUT2D eigenvalue weighted by Crippen LogP contribution is -2.05. The third kappa shape index (κ3) is 3.73. The SMILES string of the molecule is COc1cc([N+](=O)[O-])c2c(OC)ncc(C)c2c1Oc1cccc(C(F)(F)F)c1. The molecular weight excluding hydrogens is 393 g/mol. The summed E-state index contributed by atoms with van der Waals surface area (Å²) in [5, 5.41) is 11.9. The van der Waals surface area contributed by atoms with Crippen molar-refractivity contribution in [3.63, 3.8) is 0 Å². The number of fused-ring (bicyclic) bond motifs is 1. The minimum absolute atomic E-state index is 0.0158. The molecule has 0 aliphatic rings. The molecule has 0 N–H and O–H groups in total. The molecule has 0 unspecified atom stereocenters. The van der Waals surface area contributed by atoms with Crippen LogP contribution in [-0.2, 0) is 6.18 Å². The molecule has 0 atom stereocenters. The number of non-ortho nitro benzene ring substituents is 1. The molecule has 29 heavy (non-hydrogen) atoms. The maximum absolute atomic E-state index is 13.0. The molecule has 1 heterocycles. The van der Waals surface area contributed by atoms with Crippen molar-refractivity contribution in [1.82, 2.24) is 4.98 Å². The molecule has 0 saturated carbocycles. The summed E-state index contributed by atoms with van der Waals surface area (Å²) in [6, 6.07) is 5.41. The van der Waals surface area contributed by atoms with Gasteiger partial charge in [-0.2, -0.15) is 13.2 Å². The van der Waals surface area contributed by atoms with Crippen molar-refractivity contribution in [1.29, 1.82) is 0 Å². The van der Waals surface area contributed by atoms with Crippen LogP contribution in [0.3, 0.4) is 0 Å². The summed E-state index contributed by atoms with van der Waals surface area (Å²) >= 11 is 0. The number of benzene rings is 2. The van der Waals surface area contributed by atoms with Crippen LogP contribution in [-0.4, -0.2) is 24.1 Å². The van der Waals surface area contributed by atoms with Crippen LogP contribution in [0.2, 0.25) is 0 Å². The van der Waals surface area contributed by atoms with Gasteiger partial charge in [-0.3, -0.25) is 10.1 Å². The fourth-order valence-corrected chi connectivity index (χ4v) is 2.91. The van der Waals surface area contributed by atoms with E-state index in [1.54, 1.807) is 6.92 Å². The Morgan fingerprint density at radius 2 is 1.83 bits per heavy atom. The monoisotopic (exact) mass is 408 g/mol. The molecule has 0 fully saturated rings. The molecule has 7 nitrogen and oxygen atoms in total. The number of aromatic nitrogens is 1. The van der Waals surface area contributed by atoms with E-state index in [2.05, 4.69) is 4.98 Å². The van der Waals surface area contributed by atoms with Gasteiger partial charge in [0.1, 0.15) is 11.1 Å². The fourth-order valence-electron chi connectivity index (χ4n) is 2.91. The van der Waals surface area contributed by atoms with Crippen molar-refractivity contribution in [2.75, 3.05) is 14.2 Å². The predicted molar refractivity (Wildman–Crippen MR) is 97.8 cm³/mol. The number of aryl methyl sites for hydroxylation is 1. The van der Waals surface area contributed by atoms with Crippen LogP contribution in [0.25, 0.3) is 10.8 Å². The highest BCUT2D eigenvalue weighted by atomic mass is 19.4. The Kier molecular flexibility index (Phi) is 5.19. The van der Waals surface area contributed by atoms with Crippen molar-refractivity contribution in [2.24, 2.45) is 0 Å². The Balaban J connectivity index is 2.30. The number of methoxy groups -OCH3 is 2. The maximum atomic E-state index is 13.0. The molecule has 0 amide bonds. The Morgan fingerprint density at radius 3 is 2.41 bits per heavy atom. The fraction of sp³-hybridized carbons (Fsp3) is 0.211. The molecule has 0 aliphatic carbocycles. The van der Waals surface area contributed by atoms with Crippen LogP contribution in [0.5, 0.6) is 23.1 Å². The van der Waals surface area contributed by atoms with E-state index < -0.39 is 16.7 Å². The van der Waals surface area contributed by atoms with Crippen LogP contribution in [0.15, 0.2) is 36.5 Å². The summed E-state index contributed by atoms with van der Waals surface area (Å²) < 4.78 is 55.2. The highest BCUT2D eigenvalue weighted by Crippen LogP contribution is 2.47. The minimum Gasteiger partial charge on any atom is -0.493 e. The second-order valence-corrected chi connectivity index (χ2v) is 6.01. The van der Waals surface area contributed by atoms with E-state index in [9.17, 15) is 23.3 Å². The van der Waals surface area contributed by atoms with Crippen molar-refractivity contribution < 1.29 is 32.3 Å². The predicted octanol–water partition coefficient (Wildman–Crippen LogP) is 5.28. The van der Waals surface area contributed by atoms with Gasteiger partial charge < -0.3 is 14.2 Å². The summed E-state index contributed by atoms with van der Waals surface area (Å²) in [6.45, 7) is 1.64. The first-order valence-corrected chi connectivity index (χ1v) is 8.21. The molecule has 0 bridgehead atoms. The Bertz CT molecular complexity index is 1100. The summed E-state index contributed by atoms with van der Waals surface area (Å²) in [7, 11) is 2.58. The molecule has 3 aromatic rings. The molecule has 0 saturated heterocycles. The number of nitrogens with zero attached hydrogens (tertiary/aromatic N) is 2. The summed E-state index contributed by atoms with van der Waals surface area (Å²) in [5.41, 5.74) is -0.734. The highest BCUT2D eigenvalue weighted by molar-refractivity contribution is 6.02. The largest absolute Gasteiger partial charge is 0.493 e. The average molecular weight is 408 g/mol. The number of rotatable bonds is 5. The van der Waals surface area contributed by atoms with Crippen molar-refractivity contribution in [2.45, 2.75) is 13.1 Å². The second kappa shape index (κ2) is 7.46. The van der Waals surface area contributed by atoms with Gasteiger partial charge in [-0.1, -0.05) is 6.07 Å². The van der Waals surface area contributed by atoms with E-state index in [4.69, 9.17) is 14.2 Å². The van der Waals surface area contributed by atoms with E-state index in [0.717, 1.165) is 18.2 Å². The van der Waals surface area contributed by atoms with Gasteiger partial charge in [0.05, 0.1) is 30.8 Å². The van der Waals surface area contributed by atoms with Gasteiger partial charge in [-0.25, -0.2) is 4.98 Å². The van der Waals surface area contributed by atoms with Crippen LogP contribution < -0.4 is 14.2 Å². The zero-order valence-electron chi connectivity index (χ0n) is 15.5. The van der Waals surface area contributed by atoms with Gasteiger partial charge in [-0.15, -0.1) is 0 Å². The lowest BCUT2D eigenvalue weighted by Gasteiger charge is -2.17. The van der Waals surface area contributed by atoms with Crippen LogP contribution in [0, 0.1) is 17.0 Å². The number of nitro groups is 1. The Morgan fingerprint density at radius 1 is 1.10 bits per heavy atom. The molecule has 0 aliphatic heterocycles. The number of ether oxygens (including phenoxy) is 3. The Labute approximate surface area is 162 Å². The van der Waals surface area contributed by atoms with Crippen molar-refractivity contribution >= 4 is 16.5 Å². The standard InChI is InChI=1S/C19H15F3N2O5/c1-10-9-23-18(28-3)16-13(24(25)26)8-14(27-2)17(15(10)16)29-12-6-4-5-11(7-12)19(20,21)22/h4-9H,1-3H3. The zero-order chi connectivity index (χ0) is 21.3. The second-order valence-electron chi connectivity index (χ2n) is 6.01. The normalized spacial score (nSPS) is 11.4. The smallest absolute Gasteiger partial charge is 0.416 e. The van der Waals surface area contributed by atoms with Crippen LogP contribution in [0.4, 0.5) is 18.9 Å². The topological polar surface area (TPSA) is 83.7 Å². The van der Waals surface area contributed by atoms with E-state index in [1.807, 2.05) is 0 Å². The maximum Gasteiger partial charge on any atom is 0.416 e. The van der Waals surface area contributed by atoms with Gasteiger partial charge in [-0.05, 0) is 30.7 Å². The van der Waals surface area contributed by atoms with E-state index >= 15 is 0 Å². The number of pyridine rings is 1. The van der Waals surface area contributed by atoms with E-state index in [-0.39, 0.29) is 39.6 Å². The van der Waals surface area contributed by atoms with Gasteiger partial charge >= 0.3 is 6.18 Å². The first-order chi connectivity index (χ1) is 13.7. The lowest BCUT2D eigenvalue weighted by molar-refractivity contribution is -0.383. The first-order valence-electron chi connectivity index (χ1n) is 8.21. The quantitative estimate of drug-likeness (QED) is 0.422. The van der Waals surface area contributed by atoms with Gasteiger partial charge in [0.2, 0.25) is 5.88 Å². The Hall–Kier alpha value is -3.56. The number of hydrogen-bond donors (Lipinski definition) is 0. The molecule has 152 valence electrons. The number of halogens is 3. The van der Waals surface area contributed by atoms with Crippen LogP contribution >= 0.6 is 0 Å². The minimum atomic E-state index is -4.55. The summed E-state index contributed by atoms with van der Waals surface area (Å²) in [4.78, 5) is 15.0.